The quantitative estimate of drug-likeness (QED) is 0.310. The Kier molecular flexibility index (Phi) is 12.2. The Bertz CT molecular complexity index is 773. The van der Waals surface area contributed by atoms with Gasteiger partial charge in [-0.1, -0.05) is 40.3 Å². The average Bonchev–Trinajstić information content (AvgIpc) is 2.67. The van der Waals surface area contributed by atoms with Crippen molar-refractivity contribution in [1.82, 2.24) is 15.0 Å². The highest BCUT2D eigenvalue weighted by molar-refractivity contribution is 5.98. The molecule has 2 heterocycles. The molecule has 152 valence electrons. The number of hydrogen-bond acceptors (Lipinski definition) is 7. The van der Waals surface area contributed by atoms with Gasteiger partial charge in [-0.3, -0.25) is 4.79 Å². The van der Waals surface area contributed by atoms with Crippen LogP contribution in [0.1, 0.15) is 39.1 Å². The van der Waals surface area contributed by atoms with Crippen LogP contribution < -0.4 is 16.5 Å². The molecule has 4 N–H and O–H groups in total. The molecule has 0 aliphatic rings. The second-order valence-corrected chi connectivity index (χ2v) is 5.72. The second-order valence-electron chi connectivity index (χ2n) is 5.72. The van der Waals surface area contributed by atoms with E-state index in [0.29, 0.717) is 29.2 Å². The van der Waals surface area contributed by atoms with E-state index >= 15 is 0 Å². The zero-order valence-corrected chi connectivity index (χ0v) is 17.5. The molecule has 0 saturated carbocycles. The van der Waals surface area contributed by atoms with Crippen LogP contribution in [0.5, 0.6) is 0 Å². The smallest absolute Gasteiger partial charge is 0.248 e. The van der Waals surface area contributed by atoms with Crippen LogP contribution in [0.4, 0.5) is 17.5 Å². The Balaban J connectivity index is 0.000000780. The van der Waals surface area contributed by atoms with Crippen molar-refractivity contribution in [2.45, 2.75) is 41.5 Å². The zero-order valence-electron chi connectivity index (χ0n) is 17.5. The molecule has 0 unspecified atom stereocenters. The summed E-state index contributed by atoms with van der Waals surface area (Å²) in [6.07, 6.45) is 4.63. The van der Waals surface area contributed by atoms with E-state index in [0.717, 1.165) is 5.56 Å². The number of anilines is 3. The lowest BCUT2D eigenvalue weighted by molar-refractivity contribution is -0.111. The number of amides is 1. The highest BCUT2D eigenvalue weighted by atomic mass is 16.1. The van der Waals surface area contributed by atoms with Gasteiger partial charge in [0.1, 0.15) is 23.3 Å². The highest BCUT2D eigenvalue weighted by Crippen LogP contribution is 2.17. The maximum absolute atomic E-state index is 11.2. The van der Waals surface area contributed by atoms with E-state index < -0.39 is 0 Å². The van der Waals surface area contributed by atoms with Gasteiger partial charge in [0.15, 0.2) is 0 Å². The predicted octanol–water partition coefficient (Wildman–Crippen LogP) is 3.97. The van der Waals surface area contributed by atoms with Crippen molar-refractivity contribution in [2.24, 2.45) is 16.9 Å². The van der Waals surface area contributed by atoms with Gasteiger partial charge in [-0.2, -0.15) is 5.10 Å². The number of carbonyl (C=O) groups is 1. The van der Waals surface area contributed by atoms with E-state index in [4.69, 9.17) is 5.84 Å². The summed E-state index contributed by atoms with van der Waals surface area (Å²) in [5.41, 5.74) is 0.915. The Morgan fingerprint density at radius 3 is 2.39 bits per heavy atom. The summed E-state index contributed by atoms with van der Waals surface area (Å²) in [7, 11) is 0. The van der Waals surface area contributed by atoms with E-state index in [-0.39, 0.29) is 5.91 Å². The highest BCUT2D eigenvalue weighted by Gasteiger charge is 2.04. The first-order chi connectivity index (χ1) is 13.3. The van der Waals surface area contributed by atoms with Crippen molar-refractivity contribution in [3.8, 4) is 0 Å². The van der Waals surface area contributed by atoms with Crippen LogP contribution in [0.25, 0.3) is 0 Å². The number of nitrogens with one attached hydrogen (secondary N) is 2. The first-order valence-corrected chi connectivity index (χ1v) is 9.06. The van der Waals surface area contributed by atoms with Crippen molar-refractivity contribution in [3.63, 3.8) is 0 Å². The van der Waals surface area contributed by atoms with Crippen LogP contribution in [0.3, 0.4) is 0 Å². The number of nitrogens with zero attached hydrogens (tertiary/aromatic N) is 4. The normalized spacial score (nSPS) is 9.68. The van der Waals surface area contributed by atoms with Crippen LogP contribution in [0, 0.1) is 19.8 Å². The van der Waals surface area contributed by atoms with E-state index in [9.17, 15) is 4.79 Å². The molecule has 1 amide bonds. The second kappa shape index (κ2) is 13.9. The van der Waals surface area contributed by atoms with Gasteiger partial charge in [-0.25, -0.2) is 15.0 Å². The summed E-state index contributed by atoms with van der Waals surface area (Å²) in [6, 6.07) is 5.28. The Morgan fingerprint density at radius 2 is 1.86 bits per heavy atom. The lowest BCUT2D eigenvalue weighted by Gasteiger charge is -2.09. The lowest BCUT2D eigenvalue weighted by atomic mass is 10.3. The maximum atomic E-state index is 11.2. The van der Waals surface area contributed by atoms with Gasteiger partial charge in [0.25, 0.3) is 0 Å². The number of carbonyl (C=O) groups excluding carboxylic acids is 1. The SMILES string of the molecule is C=CC(=O)Nc1cccc(Nc2nc(C)ncc2C)n1.CC.CC(C)/C=N\N. The Hall–Kier alpha value is -3.29. The molecule has 0 aromatic carbocycles. The van der Waals surface area contributed by atoms with Crippen LogP contribution in [0.2, 0.25) is 0 Å². The molecule has 0 bridgehead atoms. The predicted molar refractivity (Wildman–Crippen MR) is 117 cm³/mol. The van der Waals surface area contributed by atoms with Crippen molar-refractivity contribution >= 4 is 29.6 Å². The first kappa shape index (κ1) is 24.7. The lowest BCUT2D eigenvalue weighted by Crippen LogP contribution is -2.09. The number of aromatic nitrogens is 3. The number of hydrazone groups is 1. The topological polar surface area (TPSA) is 118 Å². The molecule has 0 aliphatic carbocycles. The Morgan fingerprint density at radius 1 is 1.21 bits per heavy atom. The standard InChI is InChI=1S/C14H15N5O.C4H10N2.C2H6/c1-4-13(20)18-11-6-5-7-12(17-11)19-14-9(2)8-15-10(3)16-14;1-4(2)3-6-5;1-2/h4-8H,1H2,2-3H3,(H2,15,16,17,18,19,20);3-4H,5H2,1-2H3;1-2H3/b;6-3-;. The van der Waals surface area contributed by atoms with Crippen LogP contribution in [0.15, 0.2) is 42.2 Å². The Labute approximate surface area is 167 Å². The maximum Gasteiger partial charge on any atom is 0.248 e. The molecule has 0 radical (unpaired) electrons. The molecule has 2 aromatic heterocycles. The molecular weight excluding hydrogens is 354 g/mol. The molecule has 0 aliphatic heterocycles. The van der Waals surface area contributed by atoms with Gasteiger partial charge in [-0.15, -0.1) is 0 Å². The number of hydrogen-bond donors (Lipinski definition) is 3. The summed E-state index contributed by atoms with van der Waals surface area (Å²) in [5, 5.41) is 9.02. The third-order valence-corrected chi connectivity index (χ3v) is 2.91. The molecular formula is C20H31N7O. The summed E-state index contributed by atoms with van der Waals surface area (Å²) in [6.45, 7) is 15.2. The van der Waals surface area contributed by atoms with Crippen molar-refractivity contribution in [2.75, 3.05) is 10.6 Å². The third kappa shape index (κ3) is 10.0. The minimum absolute atomic E-state index is 0.302. The van der Waals surface area contributed by atoms with E-state index in [1.54, 1.807) is 30.6 Å². The number of nitrogens with two attached hydrogens (primary N) is 1. The molecule has 8 nitrogen and oxygen atoms in total. The number of aryl methyl sites for hydroxylation is 2. The fraction of sp³-hybridized carbons (Fsp3) is 0.350. The summed E-state index contributed by atoms with van der Waals surface area (Å²) in [4.78, 5) is 23.9. The third-order valence-electron chi connectivity index (χ3n) is 2.91. The average molecular weight is 386 g/mol. The summed E-state index contributed by atoms with van der Waals surface area (Å²) < 4.78 is 0. The fourth-order valence-electron chi connectivity index (χ4n) is 1.70. The van der Waals surface area contributed by atoms with Crippen LogP contribution >= 0.6 is 0 Å². The molecule has 0 spiro atoms. The van der Waals surface area contributed by atoms with Crippen LogP contribution in [-0.4, -0.2) is 27.1 Å². The van der Waals surface area contributed by atoms with Gasteiger partial charge in [0.2, 0.25) is 5.91 Å². The van der Waals surface area contributed by atoms with Crippen molar-refractivity contribution in [1.29, 1.82) is 0 Å². The molecule has 2 aromatic rings. The number of rotatable bonds is 5. The van der Waals surface area contributed by atoms with Crippen LogP contribution in [-0.2, 0) is 4.79 Å². The molecule has 0 fully saturated rings. The zero-order chi connectivity index (χ0) is 21.5. The van der Waals surface area contributed by atoms with Crippen molar-refractivity contribution < 1.29 is 4.79 Å². The van der Waals surface area contributed by atoms with Crippen molar-refractivity contribution in [3.05, 3.63) is 48.4 Å². The van der Waals surface area contributed by atoms with Gasteiger partial charge < -0.3 is 16.5 Å². The first-order valence-electron chi connectivity index (χ1n) is 9.06. The summed E-state index contributed by atoms with van der Waals surface area (Å²) in [5.74, 6) is 7.38. The van der Waals surface area contributed by atoms with E-state index in [1.807, 2.05) is 41.5 Å². The largest absolute Gasteiger partial charge is 0.325 e. The van der Waals surface area contributed by atoms with E-state index in [2.05, 4.69) is 37.3 Å². The monoisotopic (exact) mass is 385 g/mol. The van der Waals surface area contributed by atoms with Gasteiger partial charge >= 0.3 is 0 Å². The minimum Gasteiger partial charge on any atom is -0.325 e. The molecule has 0 atom stereocenters. The molecule has 2 rings (SSSR count). The van der Waals surface area contributed by atoms with E-state index in [1.165, 1.54) is 6.08 Å². The van der Waals surface area contributed by atoms with Gasteiger partial charge in [-0.05, 0) is 38.0 Å². The minimum atomic E-state index is -0.302. The molecule has 8 heteroatoms. The number of pyridine rings is 1. The molecule has 0 saturated heterocycles. The van der Waals surface area contributed by atoms with Gasteiger partial charge in [0, 0.05) is 18.0 Å². The van der Waals surface area contributed by atoms with Gasteiger partial charge in [0.05, 0.1) is 0 Å². The fourth-order valence-corrected chi connectivity index (χ4v) is 1.70. The summed E-state index contributed by atoms with van der Waals surface area (Å²) >= 11 is 0. The molecule has 28 heavy (non-hydrogen) atoms.